The van der Waals surface area contributed by atoms with Gasteiger partial charge < -0.3 is 4.79 Å². The molecule has 1 aliphatic heterocycles. The molecule has 17 heavy (non-hydrogen) atoms. The van der Waals surface area contributed by atoms with Crippen LogP contribution in [-0.4, -0.2) is 54.9 Å². The molecule has 1 fully saturated rings. The minimum absolute atomic E-state index is 0.163. The van der Waals surface area contributed by atoms with Gasteiger partial charge in [-0.15, -0.1) is 0 Å². The molecule has 3 unspecified atom stereocenters. The highest BCUT2D eigenvalue weighted by Gasteiger charge is 2.31. The van der Waals surface area contributed by atoms with Crippen LogP contribution in [0, 0.1) is 5.41 Å². The molecule has 3 atom stereocenters. The first-order chi connectivity index (χ1) is 7.91. The number of rotatable bonds is 5. The Morgan fingerprint density at radius 1 is 1.29 bits per heavy atom. The molecule has 0 bridgehead atoms. The van der Waals surface area contributed by atoms with Crippen LogP contribution in [0.25, 0.3) is 0 Å². The first kappa shape index (κ1) is 14.7. The molecular weight excluding hydrogens is 212 g/mol. The van der Waals surface area contributed by atoms with Gasteiger partial charge in [-0.1, -0.05) is 20.3 Å². The predicted molar refractivity (Wildman–Crippen MR) is 72.2 cm³/mol. The molecule has 1 aliphatic rings. The minimum atomic E-state index is -0.163. The topological polar surface area (TPSA) is 23.6 Å². The van der Waals surface area contributed by atoms with Crippen LogP contribution in [0.15, 0.2) is 0 Å². The molecule has 0 amide bonds. The van der Waals surface area contributed by atoms with Crippen molar-refractivity contribution in [3.8, 4) is 0 Å². The Balaban J connectivity index is 2.59. The van der Waals surface area contributed by atoms with Gasteiger partial charge in [0.05, 0.1) is 0 Å². The zero-order valence-corrected chi connectivity index (χ0v) is 12.1. The number of hydrogen-bond acceptors (Lipinski definition) is 3. The molecule has 0 radical (unpaired) electrons. The SMILES string of the molecule is CCCC(C)(C=O)CN1CC(C)N(C)C(C)C1. The average molecular weight is 240 g/mol. The maximum absolute atomic E-state index is 11.3. The Morgan fingerprint density at radius 3 is 2.24 bits per heavy atom. The summed E-state index contributed by atoms with van der Waals surface area (Å²) in [6, 6.07) is 1.16. The van der Waals surface area contributed by atoms with E-state index in [0.29, 0.717) is 12.1 Å². The normalized spacial score (nSPS) is 31.1. The van der Waals surface area contributed by atoms with Crippen molar-refractivity contribution in [3.05, 3.63) is 0 Å². The summed E-state index contributed by atoms with van der Waals surface area (Å²) in [6.45, 7) is 11.8. The van der Waals surface area contributed by atoms with Gasteiger partial charge in [0.2, 0.25) is 0 Å². The van der Waals surface area contributed by atoms with Gasteiger partial charge in [0.15, 0.2) is 0 Å². The summed E-state index contributed by atoms with van der Waals surface area (Å²) < 4.78 is 0. The molecular formula is C14H28N2O. The lowest BCUT2D eigenvalue weighted by molar-refractivity contribution is -0.117. The minimum Gasteiger partial charge on any atom is -0.303 e. The summed E-state index contributed by atoms with van der Waals surface area (Å²) in [7, 11) is 2.19. The molecule has 1 rings (SSSR count). The molecule has 1 heterocycles. The summed E-state index contributed by atoms with van der Waals surface area (Å²) in [5.41, 5.74) is -0.163. The molecule has 3 heteroatoms. The van der Waals surface area contributed by atoms with E-state index in [9.17, 15) is 4.79 Å². The fourth-order valence-corrected chi connectivity index (χ4v) is 2.90. The number of aldehydes is 1. The lowest BCUT2D eigenvalue weighted by Crippen LogP contribution is -2.56. The van der Waals surface area contributed by atoms with Crippen molar-refractivity contribution in [2.45, 2.75) is 52.6 Å². The van der Waals surface area contributed by atoms with Crippen LogP contribution in [-0.2, 0) is 4.79 Å². The molecule has 0 spiro atoms. The molecule has 0 N–H and O–H groups in total. The zero-order valence-electron chi connectivity index (χ0n) is 12.1. The van der Waals surface area contributed by atoms with Crippen LogP contribution in [0.3, 0.4) is 0 Å². The van der Waals surface area contributed by atoms with Crippen LogP contribution in [0.1, 0.15) is 40.5 Å². The van der Waals surface area contributed by atoms with Crippen LogP contribution in [0.5, 0.6) is 0 Å². The average Bonchev–Trinajstić information content (AvgIpc) is 2.26. The lowest BCUT2D eigenvalue weighted by Gasteiger charge is -2.44. The van der Waals surface area contributed by atoms with Crippen LogP contribution in [0.4, 0.5) is 0 Å². The second-order valence-corrected chi connectivity index (χ2v) is 6.08. The highest BCUT2D eigenvalue weighted by Crippen LogP contribution is 2.24. The molecule has 1 saturated heterocycles. The van der Waals surface area contributed by atoms with Gasteiger partial charge >= 0.3 is 0 Å². The molecule has 0 saturated carbocycles. The van der Waals surface area contributed by atoms with Gasteiger partial charge in [0, 0.05) is 37.1 Å². The van der Waals surface area contributed by atoms with E-state index in [1.165, 1.54) is 0 Å². The predicted octanol–water partition coefficient (Wildman–Crippen LogP) is 2.02. The quantitative estimate of drug-likeness (QED) is 0.687. The van der Waals surface area contributed by atoms with E-state index in [4.69, 9.17) is 0 Å². The maximum Gasteiger partial charge on any atom is 0.127 e. The number of carbonyl (C=O) groups is 1. The summed E-state index contributed by atoms with van der Waals surface area (Å²) in [5.74, 6) is 0. The number of hydrogen-bond donors (Lipinski definition) is 0. The van der Waals surface area contributed by atoms with E-state index in [2.05, 4.69) is 44.5 Å². The Hall–Kier alpha value is -0.410. The summed E-state index contributed by atoms with van der Waals surface area (Å²) in [6.07, 6.45) is 3.23. The van der Waals surface area contributed by atoms with Gasteiger partial charge in [-0.05, 0) is 27.3 Å². The molecule has 3 nitrogen and oxygen atoms in total. The molecule has 100 valence electrons. The zero-order chi connectivity index (χ0) is 13.1. The van der Waals surface area contributed by atoms with Crippen molar-refractivity contribution in [1.82, 2.24) is 9.80 Å². The third-order valence-electron chi connectivity index (χ3n) is 4.13. The van der Waals surface area contributed by atoms with E-state index in [1.807, 2.05) is 0 Å². The van der Waals surface area contributed by atoms with Crippen molar-refractivity contribution < 1.29 is 4.79 Å². The van der Waals surface area contributed by atoms with Crippen LogP contribution < -0.4 is 0 Å². The van der Waals surface area contributed by atoms with Gasteiger partial charge in [-0.2, -0.15) is 0 Å². The Labute approximate surface area is 106 Å². The first-order valence-corrected chi connectivity index (χ1v) is 6.82. The van der Waals surface area contributed by atoms with Gasteiger partial charge in [-0.25, -0.2) is 0 Å². The number of nitrogens with zero attached hydrogens (tertiary/aromatic N) is 2. The smallest absolute Gasteiger partial charge is 0.127 e. The highest BCUT2D eigenvalue weighted by atomic mass is 16.1. The third kappa shape index (κ3) is 3.78. The van der Waals surface area contributed by atoms with Crippen molar-refractivity contribution in [1.29, 1.82) is 0 Å². The lowest BCUT2D eigenvalue weighted by atomic mass is 9.86. The molecule has 0 aromatic rings. The van der Waals surface area contributed by atoms with E-state index in [0.717, 1.165) is 38.8 Å². The first-order valence-electron chi connectivity index (χ1n) is 6.82. The summed E-state index contributed by atoms with van der Waals surface area (Å²) in [5, 5.41) is 0. The second-order valence-electron chi connectivity index (χ2n) is 6.08. The van der Waals surface area contributed by atoms with Crippen molar-refractivity contribution >= 4 is 6.29 Å². The van der Waals surface area contributed by atoms with Crippen LogP contribution >= 0.6 is 0 Å². The number of likely N-dealkylation sites (N-methyl/N-ethyl adjacent to an activating group) is 1. The fraction of sp³-hybridized carbons (Fsp3) is 0.929. The second kappa shape index (κ2) is 5.96. The monoisotopic (exact) mass is 240 g/mol. The standard InChI is InChI=1S/C14H28N2O/c1-6-7-14(4,11-17)10-16-8-12(2)15(5)13(3)9-16/h11-13H,6-10H2,1-5H3. The van der Waals surface area contributed by atoms with Crippen molar-refractivity contribution in [2.24, 2.45) is 5.41 Å². The van der Waals surface area contributed by atoms with Gasteiger partial charge in [-0.3, -0.25) is 9.80 Å². The number of carbonyl (C=O) groups excluding carboxylic acids is 1. The summed E-state index contributed by atoms with van der Waals surface area (Å²) in [4.78, 5) is 16.2. The van der Waals surface area contributed by atoms with Crippen LogP contribution in [0.2, 0.25) is 0 Å². The highest BCUT2D eigenvalue weighted by molar-refractivity contribution is 5.59. The van der Waals surface area contributed by atoms with Crippen molar-refractivity contribution in [2.75, 3.05) is 26.7 Å². The van der Waals surface area contributed by atoms with Gasteiger partial charge in [0.25, 0.3) is 0 Å². The van der Waals surface area contributed by atoms with E-state index in [-0.39, 0.29) is 5.41 Å². The number of piperazine rings is 1. The third-order valence-corrected chi connectivity index (χ3v) is 4.13. The van der Waals surface area contributed by atoms with E-state index in [1.54, 1.807) is 0 Å². The van der Waals surface area contributed by atoms with Gasteiger partial charge in [0.1, 0.15) is 6.29 Å². The Bertz CT molecular complexity index is 245. The largest absolute Gasteiger partial charge is 0.303 e. The summed E-state index contributed by atoms with van der Waals surface area (Å²) >= 11 is 0. The molecule has 0 aliphatic carbocycles. The maximum atomic E-state index is 11.3. The Kier molecular flexibility index (Phi) is 5.14. The molecule has 0 aromatic heterocycles. The van der Waals surface area contributed by atoms with Crippen molar-refractivity contribution in [3.63, 3.8) is 0 Å². The Morgan fingerprint density at radius 2 is 1.82 bits per heavy atom. The van der Waals surface area contributed by atoms with E-state index >= 15 is 0 Å². The fourth-order valence-electron chi connectivity index (χ4n) is 2.90. The van der Waals surface area contributed by atoms with E-state index < -0.39 is 0 Å². The molecule has 0 aromatic carbocycles.